The van der Waals surface area contributed by atoms with Crippen molar-refractivity contribution in [3.63, 3.8) is 0 Å². The number of hydrogen-bond acceptors (Lipinski definition) is 7. The number of aryl methyl sites for hydroxylation is 1. The molecule has 0 atom stereocenters. The van der Waals surface area contributed by atoms with Gasteiger partial charge in [0.2, 0.25) is 5.91 Å². The van der Waals surface area contributed by atoms with Crippen molar-refractivity contribution < 1.29 is 28.2 Å². The van der Waals surface area contributed by atoms with Gasteiger partial charge in [-0.15, -0.1) is 5.10 Å². The molecule has 2 aromatic heterocycles. The summed E-state index contributed by atoms with van der Waals surface area (Å²) in [5.41, 5.74) is 4.99. The van der Waals surface area contributed by atoms with E-state index in [1.54, 1.807) is 6.92 Å². The van der Waals surface area contributed by atoms with E-state index in [1.165, 1.54) is 51.3 Å². The van der Waals surface area contributed by atoms with Gasteiger partial charge in [-0.25, -0.2) is 13.8 Å². The number of primary amides is 1. The lowest BCUT2D eigenvalue weighted by atomic mass is 9.93. The molecule has 0 saturated heterocycles. The number of aliphatic hydroxyl groups is 1. The van der Waals surface area contributed by atoms with Crippen LogP contribution in [0.25, 0.3) is 22.2 Å². The number of fused-ring (bicyclic) bond motifs is 1. The number of Topliss-reactive ketones (excluding diaryl/α,β-unsaturated/α-hetero) is 1. The van der Waals surface area contributed by atoms with Gasteiger partial charge in [-0.3, -0.25) is 9.59 Å². The maximum absolute atomic E-state index is 15.4. The second-order valence-electron chi connectivity index (χ2n) is 9.09. The molecule has 4 rings (SSSR count). The first kappa shape index (κ1) is 25.8. The number of hydrogen-bond donors (Lipinski definition) is 2. The van der Waals surface area contributed by atoms with E-state index in [1.807, 2.05) is 0 Å². The van der Waals surface area contributed by atoms with Gasteiger partial charge in [0.15, 0.2) is 11.6 Å². The molecule has 0 aliphatic carbocycles. The minimum absolute atomic E-state index is 0.111. The molecule has 0 spiro atoms. The molecule has 0 unspecified atom stereocenters. The number of benzene rings is 2. The number of methoxy groups -OCH3 is 1. The highest BCUT2D eigenvalue weighted by molar-refractivity contribution is 6.03. The fourth-order valence-electron chi connectivity index (χ4n) is 4.01. The zero-order valence-corrected chi connectivity index (χ0v) is 20.6. The first-order valence-electron chi connectivity index (χ1n) is 11.3. The number of carbonyl (C=O) groups is 2. The molecule has 4 aromatic rings. The number of rotatable bonds is 7. The van der Waals surface area contributed by atoms with Crippen LogP contribution in [0.5, 0.6) is 5.75 Å². The molecule has 0 aliphatic rings. The fourth-order valence-corrected chi connectivity index (χ4v) is 4.01. The van der Waals surface area contributed by atoms with Gasteiger partial charge < -0.3 is 15.6 Å². The van der Waals surface area contributed by atoms with Crippen molar-refractivity contribution >= 4 is 22.6 Å². The van der Waals surface area contributed by atoms with Gasteiger partial charge in [0.1, 0.15) is 28.5 Å². The number of carbonyl (C=O) groups excluding carboxylic acids is 2. The number of nitrogens with zero attached hydrogens (tertiary/aromatic N) is 3. The van der Waals surface area contributed by atoms with Gasteiger partial charge >= 0.3 is 0 Å². The molecule has 37 heavy (non-hydrogen) atoms. The Balaban J connectivity index is 1.87. The van der Waals surface area contributed by atoms with Crippen molar-refractivity contribution in [3.05, 3.63) is 82.2 Å². The van der Waals surface area contributed by atoms with Gasteiger partial charge in [0.05, 0.1) is 18.4 Å². The minimum Gasteiger partial charge on any atom is -0.494 e. The number of halogens is 2. The maximum atomic E-state index is 15.4. The van der Waals surface area contributed by atoms with Gasteiger partial charge in [-0.1, -0.05) is 0 Å². The van der Waals surface area contributed by atoms with Crippen LogP contribution >= 0.6 is 0 Å². The summed E-state index contributed by atoms with van der Waals surface area (Å²) >= 11 is 0. The third-order valence-electron chi connectivity index (χ3n) is 6.00. The number of aromatic nitrogens is 3. The molecule has 0 saturated carbocycles. The van der Waals surface area contributed by atoms with Crippen molar-refractivity contribution in [3.8, 4) is 17.0 Å². The Morgan fingerprint density at radius 2 is 1.76 bits per heavy atom. The van der Waals surface area contributed by atoms with Crippen molar-refractivity contribution in [2.75, 3.05) is 7.11 Å². The molecule has 0 bridgehead atoms. The summed E-state index contributed by atoms with van der Waals surface area (Å²) in [6, 6.07) is 9.12. The quantitative estimate of drug-likeness (QED) is 0.362. The van der Waals surface area contributed by atoms with E-state index in [4.69, 9.17) is 10.5 Å². The van der Waals surface area contributed by atoms with Gasteiger partial charge in [0, 0.05) is 28.5 Å². The molecule has 2 aromatic carbocycles. The Hall–Kier alpha value is -4.31. The predicted molar refractivity (Wildman–Crippen MR) is 132 cm³/mol. The molecule has 2 heterocycles. The van der Waals surface area contributed by atoms with Crippen molar-refractivity contribution in [2.24, 2.45) is 5.73 Å². The Morgan fingerprint density at radius 1 is 1.08 bits per heavy atom. The van der Waals surface area contributed by atoms with Crippen molar-refractivity contribution in [1.82, 2.24) is 15.2 Å². The van der Waals surface area contributed by atoms with E-state index < -0.39 is 28.9 Å². The Morgan fingerprint density at radius 3 is 2.35 bits per heavy atom. The number of pyridine rings is 1. The average Bonchev–Trinajstić information content (AvgIpc) is 2.84. The summed E-state index contributed by atoms with van der Waals surface area (Å²) in [5.74, 6) is -2.27. The van der Waals surface area contributed by atoms with Crippen LogP contribution < -0.4 is 10.5 Å². The van der Waals surface area contributed by atoms with E-state index in [0.717, 1.165) is 12.1 Å². The van der Waals surface area contributed by atoms with Crippen molar-refractivity contribution in [2.45, 2.75) is 32.8 Å². The molecular weight excluding hydrogens is 482 g/mol. The van der Waals surface area contributed by atoms with Crippen LogP contribution in [0.2, 0.25) is 0 Å². The summed E-state index contributed by atoms with van der Waals surface area (Å²) in [5, 5.41) is 19.3. The summed E-state index contributed by atoms with van der Waals surface area (Å²) in [6.07, 6.45) is -0.226. The standard InChI is InChI=1S/C27H24F2N4O4/c1-13-17(18-9-15(26(30)35)10-22(37-4)25(18)33-32-13)11-21(34)20-12-19(27(2,3)36)23(29)24(31-20)14-5-7-16(28)8-6-14/h5-10,12,36H,11H2,1-4H3,(H2,30,35). The molecular formula is C27H24F2N4O4. The van der Waals surface area contributed by atoms with Gasteiger partial charge in [0.25, 0.3) is 0 Å². The molecule has 190 valence electrons. The summed E-state index contributed by atoms with van der Waals surface area (Å²) in [4.78, 5) is 29.6. The smallest absolute Gasteiger partial charge is 0.248 e. The van der Waals surface area contributed by atoms with Gasteiger partial charge in [-0.05, 0) is 68.8 Å². The summed E-state index contributed by atoms with van der Waals surface area (Å²) in [7, 11) is 1.41. The van der Waals surface area contributed by atoms with Crippen LogP contribution in [-0.4, -0.2) is 39.1 Å². The lowest BCUT2D eigenvalue weighted by molar-refractivity contribution is 0.0743. The number of amides is 1. The number of nitrogens with two attached hydrogens (primary N) is 1. The van der Waals surface area contributed by atoms with E-state index in [0.29, 0.717) is 22.2 Å². The van der Waals surface area contributed by atoms with Gasteiger partial charge in [-0.2, -0.15) is 5.10 Å². The zero-order chi connectivity index (χ0) is 27.1. The van der Waals surface area contributed by atoms with Crippen LogP contribution in [0.3, 0.4) is 0 Å². The molecule has 1 amide bonds. The Labute approximate surface area is 211 Å². The SMILES string of the molecule is COc1cc(C(N)=O)cc2c(CC(=O)c3cc(C(C)(C)O)c(F)c(-c4ccc(F)cc4)n3)c(C)nnc12. The molecule has 0 fully saturated rings. The van der Waals surface area contributed by atoms with Crippen LogP contribution in [0.15, 0.2) is 42.5 Å². The highest BCUT2D eigenvalue weighted by atomic mass is 19.1. The van der Waals surface area contributed by atoms with Crippen molar-refractivity contribution in [1.29, 1.82) is 0 Å². The Kier molecular flexibility index (Phi) is 6.70. The maximum Gasteiger partial charge on any atom is 0.248 e. The fraction of sp³-hybridized carbons (Fsp3) is 0.222. The Bertz CT molecular complexity index is 1550. The predicted octanol–water partition coefficient (Wildman–Crippen LogP) is 4.04. The first-order valence-corrected chi connectivity index (χ1v) is 11.3. The summed E-state index contributed by atoms with van der Waals surface area (Å²) in [6.45, 7) is 4.43. The molecule has 8 nitrogen and oxygen atoms in total. The number of ether oxygens (including phenoxy) is 1. The molecule has 0 radical (unpaired) electrons. The third-order valence-corrected chi connectivity index (χ3v) is 6.00. The lowest BCUT2D eigenvalue weighted by Gasteiger charge is -2.21. The van der Waals surface area contributed by atoms with Crippen LogP contribution in [0, 0.1) is 18.6 Å². The first-order chi connectivity index (χ1) is 17.4. The topological polar surface area (TPSA) is 128 Å². The third kappa shape index (κ3) is 5.01. The molecule has 0 aliphatic heterocycles. The summed E-state index contributed by atoms with van der Waals surface area (Å²) < 4.78 is 34.2. The van der Waals surface area contributed by atoms with E-state index in [9.17, 15) is 19.1 Å². The average molecular weight is 507 g/mol. The normalized spacial score (nSPS) is 11.5. The second kappa shape index (κ2) is 9.62. The van der Waals surface area contributed by atoms with E-state index >= 15 is 4.39 Å². The largest absolute Gasteiger partial charge is 0.494 e. The monoisotopic (exact) mass is 506 g/mol. The van der Waals surface area contributed by atoms with Crippen LogP contribution in [-0.2, 0) is 12.0 Å². The lowest BCUT2D eigenvalue weighted by Crippen LogP contribution is -2.21. The van der Waals surface area contributed by atoms with E-state index in [-0.39, 0.29) is 40.2 Å². The zero-order valence-electron chi connectivity index (χ0n) is 20.6. The second-order valence-corrected chi connectivity index (χ2v) is 9.09. The molecule has 3 N–H and O–H groups in total. The minimum atomic E-state index is -1.64. The highest BCUT2D eigenvalue weighted by Gasteiger charge is 2.27. The van der Waals surface area contributed by atoms with Crippen LogP contribution in [0.4, 0.5) is 8.78 Å². The highest BCUT2D eigenvalue weighted by Crippen LogP contribution is 2.32. The molecule has 10 heteroatoms. The van der Waals surface area contributed by atoms with E-state index in [2.05, 4.69) is 15.2 Å². The van der Waals surface area contributed by atoms with Crippen LogP contribution in [0.1, 0.15) is 51.5 Å². The number of ketones is 1.